The number of nitrogens with zero attached hydrogens (tertiary/aromatic N) is 1. The van der Waals surface area contributed by atoms with Crippen LogP contribution in [0.4, 0.5) is 0 Å². The van der Waals surface area contributed by atoms with E-state index in [1.165, 1.54) is 0 Å². The van der Waals surface area contributed by atoms with Crippen molar-refractivity contribution < 1.29 is 24.2 Å². The lowest BCUT2D eigenvalue weighted by atomic mass is 9.95. The number of hydrogen-bond donors (Lipinski definition) is 1. The summed E-state index contributed by atoms with van der Waals surface area (Å²) < 4.78 is 10.9. The van der Waals surface area contributed by atoms with E-state index in [1.807, 2.05) is 18.2 Å². The van der Waals surface area contributed by atoms with Gasteiger partial charge in [-0.15, -0.1) is 0 Å². The first-order valence-corrected chi connectivity index (χ1v) is 7.90. The molecule has 0 bridgehead atoms. The van der Waals surface area contributed by atoms with Gasteiger partial charge in [-0.25, -0.2) is 0 Å². The van der Waals surface area contributed by atoms with Gasteiger partial charge >= 0.3 is 5.97 Å². The molecule has 0 spiro atoms. The number of rotatable bonds is 4. The van der Waals surface area contributed by atoms with Crippen LogP contribution in [-0.4, -0.2) is 48.2 Å². The second-order valence-corrected chi connectivity index (χ2v) is 6.11. The molecule has 0 saturated carbocycles. The van der Waals surface area contributed by atoms with E-state index < -0.39 is 5.97 Å². The van der Waals surface area contributed by atoms with Crippen LogP contribution in [0.25, 0.3) is 0 Å². The number of amides is 1. The first kappa shape index (κ1) is 15.6. The Kier molecular flexibility index (Phi) is 4.41. The Morgan fingerprint density at radius 2 is 2.26 bits per heavy atom. The van der Waals surface area contributed by atoms with Crippen molar-refractivity contribution in [1.29, 1.82) is 0 Å². The van der Waals surface area contributed by atoms with E-state index in [0.29, 0.717) is 19.6 Å². The highest BCUT2D eigenvalue weighted by Crippen LogP contribution is 2.32. The van der Waals surface area contributed by atoms with Crippen molar-refractivity contribution >= 4 is 11.9 Å². The minimum atomic E-state index is -0.857. The van der Waals surface area contributed by atoms with Gasteiger partial charge < -0.3 is 19.5 Å². The van der Waals surface area contributed by atoms with Crippen molar-refractivity contribution in [2.45, 2.75) is 31.7 Å². The fourth-order valence-electron chi connectivity index (χ4n) is 3.43. The molecule has 124 valence electrons. The molecule has 0 aliphatic carbocycles. The van der Waals surface area contributed by atoms with E-state index in [-0.39, 0.29) is 24.3 Å². The summed E-state index contributed by atoms with van der Waals surface area (Å²) in [6.07, 6.45) is 2.24. The first-order chi connectivity index (χ1) is 11.1. The fraction of sp³-hybridized carbons (Fsp3) is 0.529. The van der Waals surface area contributed by atoms with Gasteiger partial charge in [-0.3, -0.25) is 9.59 Å². The number of carbonyl (C=O) groups is 2. The van der Waals surface area contributed by atoms with E-state index in [4.69, 9.17) is 14.6 Å². The second-order valence-electron chi connectivity index (χ2n) is 6.11. The number of hydrogen-bond acceptors (Lipinski definition) is 4. The molecule has 0 aromatic heterocycles. The van der Waals surface area contributed by atoms with Crippen molar-refractivity contribution in [2.24, 2.45) is 5.92 Å². The lowest BCUT2D eigenvalue weighted by Gasteiger charge is -2.31. The van der Waals surface area contributed by atoms with Gasteiger partial charge in [0.1, 0.15) is 18.1 Å². The topological polar surface area (TPSA) is 76.1 Å². The molecule has 3 rings (SSSR count). The summed E-state index contributed by atoms with van der Waals surface area (Å²) in [4.78, 5) is 25.5. The normalized spacial score (nSPS) is 23.1. The maximum absolute atomic E-state index is 12.8. The Morgan fingerprint density at radius 1 is 1.43 bits per heavy atom. The summed E-state index contributed by atoms with van der Waals surface area (Å²) in [5.74, 6) is 0.416. The highest BCUT2D eigenvalue weighted by Gasteiger charge is 2.36. The van der Waals surface area contributed by atoms with Crippen molar-refractivity contribution in [1.82, 2.24) is 4.90 Å². The molecule has 2 unspecified atom stereocenters. The number of ether oxygens (including phenoxy) is 2. The van der Waals surface area contributed by atoms with Crippen molar-refractivity contribution in [3.05, 3.63) is 23.8 Å². The van der Waals surface area contributed by atoms with Crippen LogP contribution in [0.1, 0.15) is 24.8 Å². The van der Waals surface area contributed by atoms with E-state index in [2.05, 4.69) is 0 Å². The Hall–Kier alpha value is -2.24. The number of methoxy groups -OCH3 is 1. The zero-order valence-electron chi connectivity index (χ0n) is 13.2. The van der Waals surface area contributed by atoms with Gasteiger partial charge in [0, 0.05) is 12.6 Å². The van der Waals surface area contributed by atoms with Gasteiger partial charge in [0.2, 0.25) is 5.91 Å². The molecule has 1 fully saturated rings. The van der Waals surface area contributed by atoms with Crippen LogP contribution in [0.15, 0.2) is 18.2 Å². The van der Waals surface area contributed by atoms with Gasteiger partial charge in [0.05, 0.1) is 19.4 Å². The molecule has 0 radical (unpaired) electrons. The molecule has 2 aliphatic rings. The summed E-state index contributed by atoms with van der Waals surface area (Å²) in [7, 11) is 1.61. The molecule has 2 aliphatic heterocycles. The van der Waals surface area contributed by atoms with Gasteiger partial charge in [-0.1, -0.05) is 0 Å². The average Bonchev–Trinajstić information content (AvgIpc) is 3.00. The number of fused-ring (bicyclic) bond motifs is 1. The van der Waals surface area contributed by atoms with Gasteiger partial charge in [-0.05, 0) is 43.0 Å². The number of likely N-dealkylation sites (tertiary alicyclic amines) is 1. The van der Waals surface area contributed by atoms with E-state index in [0.717, 1.165) is 29.9 Å². The number of carbonyl (C=O) groups excluding carboxylic acids is 1. The highest BCUT2D eigenvalue weighted by atomic mass is 16.5. The third-order valence-electron chi connectivity index (χ3n) is 4.59. The van der Waals surface area contributed by atoms with E-state index >= 15 is 0 Å². The van der Waals surface area contributed by atoms with Crippen LogP contribution in [0.5, 0.6) is 11.5 Å². The van der Waals surface area contributed by atoms with Crippen LogP contribution < -0.4 is 9.47 Å². The highest BCUT2D eigenvalue weighted by molar-refractivity contribution is 5.81. The monoisotopic (exact) mass is 319 g/mol. The molecule has 1 aromatic rings. The third-order valence-corrected chi connectivity index (χ3v) is 4.59. The van der Waals surface area contributed by atoms with Crippen molar-refractivity contribution in [3.8, 4) is 11.5 Å². The lowest BCUT2D eigenvalue weighted by Crippen LogP contribution is -2.44. The van der Waals surface area contributed by atoms with E-state index in [9.17, 15) is 9.59 Å². The fourth-order valence-corrected chi connectivity index (χ4v) is 3.43. The maximum atomic E-state index is 12.8. The van der Waals surface area contributed by atoms with Gasteiger partial charge in [0.15, 0.2) is 0 Å². The number of aliphatic carboxylic acids is 1. The minimum absolute atomic E-state index is 0.00206. The van der Waals surface area contributed by atoms with Gasteiger partial charge in [-0.2, -0.15) is 0 Å². The molecule has 1 saturated heterocycles. The molecular weight excluding hydrogens is 298 g/mol. The molecule has 23 heavy (non-hydrogen) atoms. The zero-order chi connectivity index (χ0) is 16.4. The summed E-state index contributed by atoms with van der Waals surface area (Å²) in [5, 5.41) is 9.00. The minimum Gasteiger partial charge on any atom is -0.497 e. The lowest BCUT2D eigenvalue weighted by molar-refractivity contribution is -0.141. The van der Waals surface area contributed by atoms with E-state index in [1.54, 1.807) is 12.0 Å². The quantitative estimate of drug-likeness (QED) is 0.914. The van der Waals surface area contributed by atoms with Crippen molar-refractivity contribution in [3.63, 3.8) is 0 Å². The summed E-state index contributed by atoms with van der Waals surface area (Å²) >= 11 is 0. The van der Waals surface area contributed by atoms with Crippen LogP contribution in [0.3, 0.4) is 0 Å². The predicted octanol–water partition coefficient (Wildman–Crippen LogP) is 1.71. The number of carboxylic acids is 1. The smallest absolute Gasteiger partial charge is 0.305 e. The summed E-state index contributed by atoms with van der Waals surface area (Å²) in [5.41, 5.74) is 0.961. The molecular formula is C17H21NO5. The second kappa shape index (κ2) is 6.48. The zero-order valence-corrected chi connectivity index (χ0v) is 13.2. The predicted molar refractivity (Wildman–Crippen MR) is 82.7 cm³/mol. The molecule has 2 heterocycles. The maximum Gasteiger partial charge on any atom is 0.305 e. The molecule has 1 N–H and O–H groups in total. The number of carboxylic acid groups (broad SMARTS) is 1. The van der Waals surface area contributed by atoms with Gasteiger partial charge in [0.25, 0.3) is 0 Å². The molecule has 6 nitrogen and oxygen atoms in total. The SMILES string of the molecule is COc1ccc2c(c1)CC(C(=O)N1CCCC1CC(=O)O)CO2. The van der Waals surface area contributed by atoms with Crippen molar-refractivity contribution in [2.75, 3.05) is 20.3 Å². The van der Waals surface area contributed by atoms with Crippen LogP contribution in [-0.2, 0) is 16.0 Å². The van der Waals surface area contributed by atoms with Crippen LogP contribution >= 0.6 is 0 Å². The Bertz CT molecular complexity index is 615. The summed E-state index contributed by atoms with van der Waals surface area (Å²) in [6, 6.07) is 5.40. The Morgan fingerprint density at radius 3 is 3.00 bits per heavy atom. The molecule has 1 aromatic carbocycles. The van der Waals surface area contributed by atoms with Crippen LogP contribution in [0.2, 0.25) is 0 Å². The third kappa shape index (κ3) is 3.25. The number of benzene rings is 1. The summed E-state index contributed by atoms with van der Waals surface area (Å²) in [6.45, 7) is 0.979. The average molecular weight is 319 g/mol. The largest absolute Gasteiger partial charge is 0.497 e. The molecule has 6 heteroatoms. The molecule has 2 atom stereocenters. The first-order valence-electron chi connectivity index (χ1n) is 7.90. The molecule has 1 amide bonds. The van der Waals surface area contributed by atoms with Crippen LogP contribution in [0, 0.1) is 5.92 Å². The standard InChI is InChI=1S/C17H21NO5/c1-22-14-4-5-15-11(8-14)7-12(10-23-15)17(21)18-6-2-3-13(18)9-16(19)20/h4-5,8,12-13H,2-3,6-7,9-10H2,1H3,(H,19,20). The Balaban J connectivity index is 1.72. The Labute approximate surface area is 135 Å².